The number of fused-ring (bicyclic) bond motifs is 1. The Morgan fingerprint density at radius 2 is 1.71 bits per heavy atom. The first-order valence-electron chi connectivity index (χ1n) is 19.0. The van der Waals surface area contributed by atoms with Gasteiger partial charge in [0.1, 0.15) is 17.0 Å². The Bertz CT molecular complexity index is 1690. The molecular weight excluding hydrogens is 672 g/mol. The molecule has 0 atom stereocenters. The summed E-state index contributed by atoms with van der Waals surface area (Å²) >= 11 is 0. The second kappa shape index (κ2) is 15.2. The van der Waals surface area contributed by atoms with E-state index in [1.54, 1.807) is 17.1 Å². The number of hydrogen-bond acceptors (Lipinski definition) is 9. The average molecular weight is 726 g/mol. The highest BCUT2D eigenvalue weighted by Crippen LogP contribution is 2.42. The summed E-state index contributed by atoms with van der Waals surface area (Å²) in [5, 5.41) is 11.2. The number of carbonyl (C=O) groups is 2. The van der Waals surface area contributed by atoms with Gasteiger partial charge in [0, 0.05) is 38.6 Å². The van der Waals surface area contributed by atoms with E-state index in [4.69, 9.17) is 9.47 Å². The molecule has 1 aliphatic carbocycles. The minimum atomic E-state index is -2.83. The van der Waals surface area contributed by atoms with Crippen LogP contribution in [0, 0.1) is 11.3 Å². The quantitative estimate of drug-likeness (QED) is 0.290. The highest BCUT2D eigenvalue weighted by molar-refractivity contribution is 6.08. The van der Waals surface area contributed by atoms with E-state index in [1.807, 2.05) is 31.7 Å². The van der Waals surface area contributed by atoms with E-state index in [0.717, 1.165) is 77.7 Å². The second-order valence-corrected chi connectivity index (χ2v) is 16.1. The predicted octanol–water partition coefficient (Wildman–Crippen LogP) is 6.19. The largest absolute Gasteiger partial charge is 0.444 e. The number of amides is 2. The summed E-state index contributed by atoms with van der Waals surface area (Å²) in [6, 6.07) is 1.85. The highest BCUT2D eigenvalue weighted by Gasteiger charge is 2.39. The smallest absolute Gasteiger partial charge is 0.410 e. The maximum Gasteiger partial charge on any atom is 0.410 e. The number of hydrogen-bond donors (Lipinski definition) is 1. The van der Waals surface area contributed by atoms with Crippen molar-refractivity contribution in [2.24, 2.45) is 11.3 Å². The van der Waals surface area contributed by atoms with Gasteiger partial charge in [0.25, 0.3) is 12.3 Å². The van der Waals surface area contributed by atoms with Crippen molar-refractivity contribution in [2.45, 2.75) is 96.6 Å². The van der Waals surface area contributed by atoms with Crippen LogP contribution >= 0.6 is 0 Å². The number of ether oxygens (including phenoxy) is 2. The zero-order valence-corrected chi connectivity index (χ0v) is 30.7. The molecule has 1 N–H and O–H groups in total. The Morgan fingerprint density at radius 1 is 1.02 bits per heavy atom. The summed E-state index contributed by atoms with van der Waals surface area (Å²) in [5.74, 6) is 0.751. The number of alkyl halides is 2. The Hall–Kier alpha value is -3.85. The Balaban J connectivity index is 0.884. The summed E-state index contributed by atoms with van der Waals surface area (Å²) in [6.07, 6.45) is 11.0. The van der Waals surface area contributed by atoms with E-state index in [-0.39, 0.29) is 23.4 Å². The van der Waals surface area contributed by atoms with Gasteiger partial charge in [-0.1, -0.05) is 0 Å². The van der Waals surface area contributed by atoms with E-state index in [1.165, 1.54) is 23.6 Å². The molecule has 52 heavy (non-hydrogen) atoms. The molecule has 0 aromatic carbocycles. The first kappa shape index (κ1) is 36.5. The third kappa shape index (κ3) is 8.35. The summed E-state index contributed by atoms with van der Waals surface area (Å²) in [7, 11) is 0. The van der Waals surface area contributed by atoms with Crippen LogP contribution in [0.5, 0.6) is 0 Å². The number of likely N-dealkylation sites (tertiary alicyclic amines) is 2. The van der Waals surface area contributed by atoms with E-state index >= 15 is 0 Å². The molecule has 2 amide bonds. The molecule has 4 aliphatic rings. The van der Waals surface area contributed by atoms with Crippen LogP contribution in [0.3, 0.4) is 0 Å². The van der Waals surface area contributed by atoms with Crippen molar-refractivity contribution in [1.29, 1.82) is 0 Å². The SMILES string of the molecule is CC(C)(C)OC(=O)N1CCC2(CCN(CCC3CCC(n4cc(NC(=O)c5cnn6ccc(N7CCOCC7)nc56)c(C(F)F)n4)CC3)CC2)CC1. The van der Waals surface area contributed by atoms with Crippen LogP contribution in [0.2, 0.25) is 0 Å². The van der Waals surface area contributed by atoms with Crippen molar-refractivity contribution in [3.8, 4) is 0 Å². The maximum atomic E-state index is 14.2. The number of rotatable bonds is 8. The summed E-state index contributed by atoms with van der Waals surface area (Å²) in [5.41, 5.74) is 0.0212. The molecule has 13 nitrogen and oxygen atoms in total. The van der Waals surface area contributed by atoms with Crippen LogP contribution in [0.4, 0.5) is 25.1 Å². The number of morpholine rings is 1. The summed E-state index contributed by atoms with van der Waals surface area (Å²) in [4.78, 5) is 37.1. The molecule has 3 saturated heterocycles. The van der Waals surface area contributed by atoms with Gasteiger partial charge in [0.15, 0.2) is 11.3 Å². The molecule has 1 saturated carbocycles. The van der Waals surface area contributed by atoms with E-state index in [0.29, 0.717) is 49.1 Å². The lowest BCUT2D eigenvalue weighted by Gasteiger charge is -2.47. The van der Waals surface area contributed by atoms with E-state index in [2.05, 4.69) is 30.3 Å². The normalized spacial score (nSPS) is 23.0. The van der Waals surface area contributed by atoms with Crippen LogP contribution in [-0.4, -0.2) is 111 Å². The molecular formula is C37H53F2N9O4. The lowest BCUT2D eigenvalue weighted by molar-refractivity contribution is -0.00293. The fraction of sp³-hybridized carbons (Fsp3) is 0.703. The second-order valence-electron chi connectivity index (χ2n) is 16.1. The topological polar surface area (TPSA) is 122 Å². The minimum Gasteiger partial charge on any atom is -0.444 e. The molecule has 4 fully saturated rings. The van der Waals surface area contributed by atoms with Gasteiger partial charge in [-0.05, 0) is 116 Å². The first-order valence-corrected chi connectivity index (χ1v) is 19.0. The number of anilines is 2. The molecule has 15 heteroatoms. The van der Waals surface area contributed by atoms with Gasteiger partial charge >= 0.3 is 6.09 Å². The fourth-order valence-electron chi connectivity index (χ4n) is 8.33. The molecule has 7 rings (SSSR count). The standard InChI is InChI=1S/C37H53F2N9O4/c1-36(2,3)52-35(50)46-18-12-37(13-19-46)10-16-44(17-11-37)14-8-26-4-6-27(7-5-26)48-25-29(31(43-48)32(38)39)41-34(49)28-24-40-47-15-9-30(42-33(28)47)45-20-22-51-23-21-45/h9,15,24-27,32H,4-8,10-14,16-23H2,1-3H3,(H,41,49). The zero-order chi connectivity index (χ0) is 36.5. The van der Waals surface area contributed by atoms with Gasteiger partial charge in [0.05, 0.1) is 31.1 Å². The number of aromatic nitrogens is 5. The first-order chi connectivity index (χ1) is 25.0. The van der Waals surface area contributed by atoms with Crippen LogP contribution in [-0.2, 0) is 9.47 Å². The van der Waals surface area contributed by atoms with Gasteiger partial charge < -0.3 is 29.5 Å². The molecule has 0 unspecified atom stereocenters. The van der Waals surface area contributed by atoms with Crippen molar-refractivity contribution in [3.63, 3.8) is 0 Å². The Kier molecular flexibility index (Phi) is 10.7. The molecule has 3 aromatic rings. The number of piperidine rings is 2. The van der Waals surface area contributed by atoms with Gasteiger partial charge in [-0.3, -0.25) is 9.48 Å². The average Bonchev–Trinajstić information content (AvgIpc) is 3.76. The van der Waals surface area contributed by atoms with Crippen molar-refractivity contribution in [3.05, 3.63) is 35.9 Å². The third-order valence-corrected chi connectivity index (χ3v) is 11.6. The van der Waals surface area contributed by atoms with Crippen molar-refractivity contribution >= 4 is 29.2 Å². The van der Waals surface area contributed by atoms with Gasteiger partial charge in [-0.15, -0.1) is 0 Å². The van der Waals surface area contributed by atoms with E-state index < -0.39 is 23.6 Å². The van der Waals surface area contributed by atoms with Crippen LogP contribution < -0.4 is 10.2 Å². The number of halogens is 2. The number of carbonyl (C=O) groups excluding carboxylic acids is 2. The third-order valence-electron chi connectivity index (χ3n) is 11.6. The number of nitrogens with one attached hydrogen (secondary N) is 1. The van der Waals surface area contributed by atoms with Crippen molar-refractivity contribution in [2.75, 3.05) is 69.2 Å². The van der Waals surface area contributed by atoms with Gasteiger partial charge in [0.2, 0.25) is 0 Å². The summed E-state index contributed by atoms with van der Waals surface area (Å²) in [6.45, 7) is 13.1. The predicted molar refractivity (Wildman–Crippen MR) is 192 cm³/mol. The monoisotopic (exact) mass is 725 g/mol. The van der Waals surface area contributed by atoms with Crippen LogP contribution in [0.15, 0.2) is 24.7 Å². The fourth-order valence-corrected chi connectivity index (χ4v) is 8.33. The van der Waals surface area contributed by atoms with Crippen LogP contribution in [0.1, 0.15) is 107 Å². The molecule has 1 spiro atoms. The molecule has 284 valence electrons. The minimum absolute atomic E-state index is 0.00974. The lowest BCUT2D eigenvalue weighted by atomic mass is 9.71. The molecule has 0 bridgehead atoms. The molecule has 3 aliphatic heterocycles. The molecule has 6 heterocycles. The van der Waals surface area contributed by atoms with Gasteiger partial charge in [-0.25, -0.2) is 23.1 Å². The molecule has 0 radical (unpaired) electrons. The Labute approximate surface area is 304 Å². The Morgan fingerprint density at radius 3 is 2.38 bits per heavy atom. The lowest BCUT2D eigenvalue weighted by Crippen LogP contribution is -2.49. The van der Waals surface area contributed by atoms with Gasteiger partial charge in [-0.2, -0.15) is 10.2 Å². The zero-order valence-electron chi connectivity index (χ0n) is 30.7. The maximum absolute atomic E-state index is 14.2. The van der Waals surface area contributed by atoms with E-state index in [9.17, 15) is 18.4 Å². The summed E-state index contributed by atoms with van der Waals surface area (Å²) < 4.78 is 42.5. The van der Waals surface area contributed by atoms with Crippen LogP contribution in [0.25, 0.3) is 5.65 Å². The highest BCUT2D eigenvalue weighted by atomic mass is 19.3. The van der Waals surface area contributed by atoms with Crippen molar-refractivity contribution in [1.82, 2.24) is 34.2 Å². The number of nitrogens with zero attached hydrogens (tertiary/aromatic N) is 8. The van der Waals surface area contributed by atoms with Crippen molar-refractivity contribution < 1.29 is 27.8 Å². The molecule has 3 aromatic heterocycles.